The van der Waals surface area contributed by atoms with Gasteiger partial charge in [0.15, 0.2) is 5.13 Å². The van der Waals surface area contributed by atoms with E-state index >= 15 is 0 Å². The molecule has 6 rings (SSSR count). The molecular formula is C28H27N7O2S. The maximum atomic E-state index is 13.2. The molecule has 38 heavy (non-hydrogen) atoms. The third-order valence-electron chi connectivity index (χ3n) is 7.30. The van der Waals surface area contributed by atoms with Gasteiger partial charge < -0.3 is 15.0 Å². The highest BCUT2D eigenvalue weighted by molar-refractivity contribution is 7.19. The summed E-state index contributed by atoms with van der Waals surface area (Å²) in [5.41, 5.74) is 4.63. The topological polar surface area (TPSA) is 116 Å². The van der Waals surface area contributed by atoms with Crippen molar-refractivity contribution in [1.82, 2.24) is 25.2 Å². The SMILES string of the molecule is Cc1ncnc2ccc(-c3sc(NC(=O)N4CCC5(CC4)CNCCO5)nc3-c3cccc(C#N)c3)cc12. The zero-order valence-corrected chi connectivity index (χ0v) is 21.8. The van der Waals surface area contributed by atoms with Gasteiger partial charge in [-0.15, -0.1) is 0 Å². The summed E-state index contributed by atoms with van der Waals surface area (Å²) in [5, 5.41) is 17.4. The Morgan fingerprint density at radius 2 is 2.05 bits per heavy atom. The van der Waals surface area contributed by atoms with Crippen LogP contribution in [-0.4, -0.2) is 64.3 Å². The van der Waals surface area contributed by atoms with Crippen molar-refractivity contribution in [3.8, 4) is 27.8 Å². The number of amides is 2. The second kappa shape index (κ2) is 10.1. The number of nitrogens with zero attached hydrogens (tertiary/aromatic N) is 5. The average molecular weight is 526 g/mol. The molecule has 2 amide bonds. The van der Waals surface area contributed by atoms with Crippen LogP contribution in [0.1, 0.15) is 24.1 Å². The van der Waals surface area contributed by atoms with Crippen molar-refractivity contribution in [1.29, 1.82) is 5.26 Å². The van der Waals surface area contributed by atoms with Crippen LogP contribution < -0.4 is 10.6 Å². The fourth-order valence-electron chi connectivity index (χ4n) is 5.14. The van der Waals surface area contributed by atoms with E-state index in [2.05, 4.69) is 32.7 Å². The van der Waals surface area contributed by atoms with E-state index in [4.69, 9.17) is 9.72 Å². The van der Waals surface area contributed by atoms with Crippen LogP contribution in [0.3, 0.4) is 0 Å². The Hall–Kier alpha value is -3.91. The van der Waals surface area contributed by atoms with E-state index in [0.717, 1.165) is 64.2 Å². The number of nitrogens with one attached hydrogen (secondary N) is 2. The first-order chi connectivity index (χ1) is 18.5. The second-order valence-corrected chi connectivity index (χ2v) is 10.7. The van der Waals surface area contributed by atoms with Gasteiger partial charge in [-0.1, -0.05) is 29.5 Å². The van der Waals surface area contributed by atoms with Crippen molar-refractivity contribution in [3.63, 3.8) is 0 Å². The summed E-state index contributed by atoms with van der Waals surface area (Å²) in [5.74, 6) is 0. The molecule has 192 valence electrons. The maximum Gasteiger partial charge on any atom is 0.323 e. The van der Waals surface area contributed by atoms with Crippen molar-refractivity contribution >= 4 is 33.4 Å². The summed E-state index contributed by atoms with van der Waals surface area (Å²) < 4.78 is 6.06. The van der Waals surface area contributed by atoms with Gasteiger partial charge in [0.05, 0.1) is 39.9 Å². The number of morpholine rings is 1. The third-order valence-corrected chi connectivity index (χ3v) is 8.32. The Labute approximate surface area is 224 Å². The molecule has 0 radical (unpaired) electrons. The van der Waals surface area contributed by atoms with Crippen LogP contribution in [0.2, 0.25) is 0 Å². The minimum Gasteiger partial charge on any atom is -0.372 e. The Bertz CT molecular complexity index is 1540. The summed E-state index contributed by atoms with van der Waals surface area (Å²) in [6, 6.07) is 15.4. The number of nitriles is 1. The molecule has 2 aliphatic rings. The van der Waals surface area contributed by atoms with E-state index in [1.165, 1.54) is 11.3 Å². The number of piperidine rings is 1. The fourth-order valence-corrected chi connectivity index (χ4v) is 6.12. The molecule has 0 bridgehead atoms. The summed E-state index contributed by atoms with van der Waals surface area (Å²) in [6.45, 7) is 5.64. The monoisotopic (exact) mass is 525 g/mol. The maximum absolute atomic E-state index is 13.2. The van der Waals surface area contributed by atoms with Gasteiger partial charge in [0.1, 0.15) is 6.33 Å². The van der Waals surface area contributed by atoms with Gasteiger partial charge in [-0.25, -0.2) is 19.7 Å². The number of benzene rings is 2. The van der Waals surface area contributed by atoms with E-state index in [1.54, 1.807) is 12.4 Å². The van der Waals surface area contributed by atoms with Gasteiger partial charge in [0.25, 0.3) is 0 Å². The number of aryl methyl sites for hydroxylation is 1. The number of carbonyl (C=O) groups excluding carboxylic acids is 1. The minimum absolute atomic E-state index is 0.163. The van der Waals surface area contributed by atoms with Crippen LogP contribution in [0.25, 0.3) is 32.6 Å². The molecule has 2 saturated heterocycles. The molecule has 2 fully saturated rings. The molecule has 2 aromatic carbocycles. The highest BCUT2D eigenvalue weighted by Crippen LogP contribution is 2.40. The van der Waals surface area contributed by atoms with Crippen molar-refractivity contribution in [2.45, 2.75) is 25.4 Å². The Balaban J connectivity index is 1.31. The fraction of sp³-hybridized carbons (Fsp3) is 0.321. The van der Waals surface area contributed by atoms with E-state index < -0.39 is 0 Å². The summed E-state index contributed by atoms with van der Waals surface area (Å²) in [4.78, 5) is 29.5. The minimum atomic E-state index is -0.166. The van der Waals surface area contributed by atoms with E-state index in [0.29, 0.717) is 30.4 Å². The first-order valence-corrected chi connectivity index (χ1v) is 13.5. The molecule has 1 spiro atoms. The summed E-state index contributed by atoms with van der Waals surface area (Å²) in [7, 11) is 0. The van der Waals surface area contributed by atoms with Gasteiger partial charge in [-0.05, 0) is 49.6 Å². The third kappa shape index (κ3) is 4.72. The van der Waals surface area contributed by atoms with E-state index in [1.807, 2.05) is 42.2 Å². The summed E-state index contributed by atoms with van der Waals surface area (Å²) >= 11 is 1.42. The largest absolute Gasteiger partial charge is 0.372 e. The number of hydrogen-bond acceptors (Lipinski definition) is 8. The van der Waals surface area contributed by atoms with Crippen LogP contribution in [0.5, 0.6) is 0 Å². The lowest BCUT2D eigenvalue weighted by molar-refractivity contribution is -0.0941. The lowest BCUT2D eigenvalue weighted by Gasteiger charge is -2.43. The molecule has 0 unspecified atom stereocenters. The van der Waals surface area contributed by atoms with Gasteiger partial charge in [-0.3, -0.25) is 5.32 Å². The first kappa shape index (κ1) is 24.4. The molecule has 10 heteroatoms. The molecule has 2 N–H and O–H groups in total. The molecule has 2 aromatic heterocycles. The van der Waals surface area contributed by atoms with Crippen LogP contribution in [0, 0.1) is 18.3 Å². The number of fused-ring (bicyclic) bond motifs is 1. The number of anilines is 1. The zero-order chi connectivity index (χ0) is 26.1. The van der Waals surface area contributed by atoms with Gasteiger partial charge >= 0.3 is 6.03 Å². The number of carbonyl (C=O) groups is 1. The first-order valence-electron chi connectivity index (χ1n) is 12.7. The Morgan fingerprint density at radius 1 is 1.18 bits per heavy atom. The highest BCUT2D eigenvalue weighted by Gasteiger charge is 2.38. The normalized spacial score (nSPS) is 16.9. The number of rotatable bonds is 3. The number of hydrogen-bond donors (Lipinski definition) is 2. The molecule has 4 heterocycles. The van der Waals surface area contributed by atoms with Crippen LogP contribution in [0.15, 0.2) is 48.8 Å². The second-order valence-electron chi connectivity index (χ2n) is 9.71. The quantitative estimate of drug-likeness (QED) is 0.402. The molecule has 2 aliphatic heterocycles. The van der Waals surface area contributed by atoms with Crippen molar-refractivity contribution in [3.05, 3.63) is 60.0 Å². The molecule has 0 aliphatic carbocycles. The van der Waals surface area contributed by atoms with E-state index in [9.17, 15) is 10.1 Å². The van der Waals surface area contributed by atoms with E-state index in [-0.39, 0.29) is 11.6 Å². The summed E-state index contributed by atoms with van der Waals surface area (Å²) in [6.07, 6.45) is 3.18. The smallest absolute Gasteiger partial charge is 0.323 e. The zero-order valence-electron chi connectivity index (χ0n) is 21.0. The van der Waals surface area contributed by atoms with Crippen molar-refractivity contribution in [2.24, 2.45) is 0 Å². The molecule has 0 atom stereocenters. The van der Waals surface area contributed by atoms with Crippen LogP contribution >= 0.6 is 11.3 Å². The van der Waals surface area contributed by atoms with Crippen molar-refractivity contribution < 1.29 is 9.53 Å². The number of thiazole rings is 1. The van der Waals surface area contributed by atoms with Crippen LogP contribution in [-0.2, 0) is 4.74 Å². The Morgan fingerprint density at radius 3 is 2.84 bits per heavy atom. The molecule has 0 saturated carbocycles. The predicted octanol–water partition coefficient (Wildman–Crippen LogP) is 4.59. The van der Waals surface area contributed by atoms with Gasteiger partial charge in [0, 0.05) is 42.8 Å². The lowest BCUT2D eigenvalue weighted by atomic mass is 9.90. The van der Waals surface area contributed by atoms with Crippen molar-refractivity contribution in [2.75, 3.05) is 38.1 Å². The average Bonchev–Trinajstić information content (AvgIpc) is 3.38. The van der Waals surface area contributed by atoms with Gasteiger partial charge in [0.2, 0.25) is 0 Å². The Kier molecular flexibility index (Phi) is 6.49. The lowest BCUT2D eigenvalue weighted by Crippen LogP contribution is -2.56. The highest BCUT2D eigenvalue weighted by atomic mass is 32.1. The number of aromatic nitrogens is 3. The predicted molar refractivity (Wildman–Crippen MR) is 147 cm³/mol. The van der Waals surface area contributed by atoms with Crippen LogP contribution in [0.4, 0.5) is 9.93 Å². The standard InChI is InChI=1S/C28H27N7O2S/c1-18-22-14-21(5-6-23(22)32-17-31-18)25-24(20-4-2-3-19(13-20)15-29)33-26(38-25)34-27(36)35-10-7-28(8-11-35)16-30-9-12-37-28/h2-6,13-14,17,30H,7-12,16H2,1H3,(H,33,34,36). The molecule has 4 aromatic rings. The molecular weight excluding hydrogens is 498 g/mol. The number of urea groups is 1. The number of likely N-dealkylation sites (tertiary alicyclic amines) is 1. The van der Waals surface area contributed by atoms with Gasteiger partial charge in [-0.2, -0.15) is 5.26 Å². The molecule has 9 nitrogen and oxygen atoms in total. The number of ether oxygens (including phenoxy) is 1.